The van der Waals surface area contributed by atoms with Crippen LogP contribution in [0.4, 0.5) is 0 Å². The first-order valence-corrected chi connectivity index (χ1v) is 10.8. The highest BCUT2D eigenvalue weighted by Crippen LogP contribution is 2.23. The molecule has 1 amide bonds. The van der Waals surface area contributed by atoms with Gasteiger partial charge in [-0.15, -0.1) is 12.4 Å². The number of aryl methyl sites for hydroxylation is 1. The van der Waals surface area contributed by atoms with E-state index in [-0.39, 0.29) is 23.9 Å². The van der Waals surface area contributed by atoms with Gasteiger partial charge in [-0.3, -0.25) is 14.2 Å². The molecule has 2 aromatic rings. The van der Waals surface area contributed by atoms with E-state index in [0.29, 0.717) is 30.0 Å². The lowest BCUT2D eigenvalue weighted by Gasteiger charge is -2.28. The van der Waals surface area contributed by atoms with Crippen LogP contribution in [-0.4, -0.2) is 41.1 Å². The number of rotatable bonds is 3. The molecule has 2 atom stereocenters. The van der Waals surface area contributed by atoms with Crippen LogP contribution in [0.2, 0.25) is 0 Å². The summed E-state index contributed by atoms with van der Waals surface area (Å²) >= 11 is 0. The van der Waals surface area contributed by atoms with Crippen molar-refractivity contribution >= 4 is 18.3 Å². The molecule has 0 spiro atoms. The van der Waals surface area contributed by atoms with E-state index in [1.807, 2.05) is 36.1 Å². The van der Waals surface area contributed by atoms with Crippen LogP contribution in [-0.2, 0) is 0 Å². The fourth-order valence-corrected chi connectivity index (χ4v) is 4.60. The van der Waals surface area contributed by atoms with Gasteiger partial charge in [-0.05, 0) is 67.5 Å². The number of hydrogen-bond donors (Lipinski definition) is 1. The summed E-state index contributed by atoms with van der Waals surface area (Å²) in [6.07, 6.45) is 5.24. The standard InChI is InChI=1S/C24H31N3O2.ClH/c1-16(2)19-7-5-9-21(12-19)27-11-10-17(3)22(24(27)29)23(28)26-14-18-6-4-8-20(15-26)25-13-18;/h5,7,9-12,16,18,20,25H,4,6,8,13-15H2,1-3H3;1H/t18-,20-;/m0./s1. The Labute approximate surface area is 184 Å². The maximum atomic E-state index is 13.5. The third-order valence-electron chi connectivity index (χ3n) is 6.40. The highest BCUT2D eigenvalue weighted by Gasteiger charge is 2.31. The largest absolute Gasteiger partial charge is 0.337 e. The quantitative estimate of drug-likeness (QED) is 0.804. The summed E-state index contributed by atoms with van der Waals surface area (Å²) in [5.41, 5.74) is 2.82. The second-order valence-corrected chi connectivity index (χ2v) is 8.91. The lowest BCUT2D eigenvalue weighted by molar-refractivity contribution is 0.0717. The summed E-state index contributed by atoms with van der Waals surface area (Å²) in [5, 5.41) is 3.59. The van der Waals surface area contributed by atoms with Crippen molar-refractivity contribution in [2.75, 3.05) is 19.6 Å². The van der Waals surface area contributed by atoms with E-state index in [2.05, 4.69) is 25.2 Å². The topological polar surface area (TPSA) is 54.3 Å². The van der Waals surface area contributed by atoms with Crippen molar-refractivity contribution in [1.29, 1.82) is 0 Å². The SMILES string of the molecule is Cc1ccn(-c2cccc(C(C)C)c2)c(=O)c1C(=O)N1C[C@H]2CCC[C@@H](C1)NC2.Cl. The molecule has 2 saturated heterocycles. The third-order valence-corrected chi connectivity index (χ3v) is 6.40. The third kappa shape index (κ3) is 4.47. The minimum atomic E-state index is -0.224. The number of benzene rings is 1. The normalized spacial score (nSPS) is 21.1. The summed E-state index contributed by atoms with van der Waals surface area (Å²) in [6, 6.07) is 10.2. The number of nitrogens with zero attached hydrogens (tertiary/aromatic N) is 2. The fourth-order valence-electron chi connectivity index (χ4n) is 4.60. The molecule has 5 nitrogen and oxygen atoms in total. The molecule has 1 aromatic heterocycles. The molecular formula is C24H32ClN3O2. The van der Waals surface area contributed by atoms with Crippen molar-refractivity contribution in [2.24, 2.45) is 5.92 Å². The van der Waals surface area contributed by atoms with Gasteiger partial charge in [0.1, 0.15) is 5.56 Å². The van der Waals surface area contributed by atoms with Gasteiger partial charge in [0.2, 0.25) is 0 Å². The number of nitrogens with one attached hydrogen (secondary N) is 1. The van der Waals surface area contributed by atoms with Crippen molar-refractivity contribution in [3.05, 3.63) is 63.6 Å². The van der Waals surface area contributed by atoms with E-state index in [1.165, 1.54) is 12.0 Å². The van der Waals surface area contributed by atoms with Crippen molar-refractivity contribution in [1.82, 2.24) is 14.8 Å². The van der Waals surface area contributed by atoms with Crippen LogP contribution >= 0.6 is 12.4 Å². The number of halogens is 1. The van der Waals surface area contributed by atoms with Crippen LogP contribution in [0.1, 0.15) is 60.5 Å². The zero-order valence-corrected chi connectivity index (χ0v) is 18.9. The number of amides is 1. The van der Waals surface area contributed by atoms with Gasteiger partial charge in [0.15, 0.2) is 0 Å². The molecule has 2 aliphatic heterocycles. The molecule has 1 aromatic carbocycles. The Hall–Kier alpha value is -2.11. The molecule has 3 heterocycles. The van der Waals surface area contributed by atoms with Gasteiger partial charge in [-0.1, -0.05) is 32.4 Å². The summed E-state index contributed by atoms with van der Waals surface area (Å²) in [6.45, 7) is 8.52. The molecular weight excluding hydrogens is 398 g/mol. The fraction of sp³-hybridized carbons (Fsp3) is 0.500. The highest BCUT2D eigenvalue weighted by atomic mass is 35.5. The van der Waals surface area contributed by atoms with Crippen LogP contribution in [0, 0.1) is 12.8 Å². The Balaban J connectivity index is 0.00000256. The zero-order chi connectivity index (χ0) is 20.5. The first-order valence-electron chi connectivity index (χ1n) is 10.8. The number of carbonyl (C=O) groups is 1. The highest BCUT2D eigenvalue weighted by molar-refractivity contribution is 5.95. The van der Waals surface area contributed by atoms with Crippen LogP contribution < -0.4 is 10.9 Å². The van der Waals surface area contributed by atoms with E-state index in [9.17, 15) is 9.59 Å². The zero-order valence-electron chi connectivity index (χ0n) is 18.1. The maximum Gasteiger partial charge on any atom is 0.268 e. The van der Waals surface area contributed by atoms with Crippen LogP contribution in [0.3, 0.4) is 0 Å². The first kappa shape index (κ1) is 22.6. The van der Waals surface area contributed by atoms with Crippen LogP contribution in [0.15, 0.2) is 41.3 Å². The Kier molecular flexibility index (Phi) is 7.04. The van der Waals surface area contributed by atoms with Crippen molar-refractivity contribution in [2.45, 2.75) is 52.0 Å². The molecule has 0 aliphatic carbocycles. The number of likely N-dealkylation sites (tertiary alicyclic amines) is 1. The number of aromatic nitrogens is 1. The summed E-state index contributed by atoms with van der Waals surface area (Å²) in [4.78, 5) is 28.8. The molecule has 1 N–H and O–H groups in total. The second kappa shape index (κ2) is 9.36. The Bertz CT molecular complexity index is 955. The predicted octanol–water partition coefficient (Wildman–Crippen LogP) is 3.91. The van der Waals surface area contributed by atoms with Crippen LogP contribution in [0.5, 0.6) is 0 Å². The summed E-state index contributed by atoms with van der Waals surface area (Å²) in [7, 11) is 0. The molecule has 4 rings (SSSR count). The van der Waals surface area contributed by atoms with E-state index in [0.717, 1.165) is 37.2 Å². The predicted molar refractivity (Wildman–Crippen MR) is 123 cm³/mol. The number of carbonyl (C=O) groups excluding carboxylic acids is 1. The smallest absolute Gasteiger partial charge is 0.268 e. The van der Waals surface area contributed by atoms with E-state index < -0.39 is 0 Å². The Morgan fingerprint density at radius 2 is 1.97 bits per heavy atom. The lowest BCUT2D eigenvalue weighted by Crippen LogP contribution is -2.44. The molecule has 2 bridgehead atoms. The van der Waals surface area contributed by atoms with Gasteiger partial charge >= 0.3 is 0 Å². The summed E-state index contributed by atoms with van der Waals surface area (Å²) < 4.78 is 1.61. The molecule has 2 fully saturated rings. The van der Waals surface area contributed by atoms with Gasteiger partial charge < -0.3 is 10.2 Å². The lowest BCUT2D eigenvalue weighted by atomic mass is 9.99. The molecule has 6 heteroatoms. The van der Waals surface area contributed by atoms with E-state index >= 15 is 0 Å². The van der Waals surface area contributed by atoms with Gasteiger partial charge in [0.25, 0.3) is 11.5 Å². The Morgan fingerprint density at radius 3 is 2.73 bits per heavy atom. The Morgan fingerprint density at radius 1 is 1.17 bits per heavy atom. The van der Waals surface area contributed by atoms with Crippen molar-refractivity contribution in [3.63, 3.8) is 0 Å². The average Bonchev–Trinajstić information content (AvgIpc) is 3.03. The number of hydrogen-bond acceptors (Lipinski definition) is 3. The van der Waals surface area contributed by atoms with Gasteiger partial charge in [0, 0.05) is 31.0 Å². The minimum absolute atomic E-state index is 0. The van der Waals surface area contributed by atoms with E-state index in [4.69, 9.17) is 0 Å². The van der Waals surface area contributed by atoms with Crippen molar-refractivity contribution in [3.8, 4) is 5.69 Å². The van der Waals surface area contributed by atoms with Crippen LogP contribution in [0.25, 0.3) is 5.69 Å². The molecule has 162 valence electrons. The average molecular weight is 430 g/mol. The first-order chi connectivity index (χ1) is 13.9. The molecule has 30 heavy (non-hydrogen) atoms. The van der Waals surface area contributed by atoms with Gasteiger partial charge in [0.05, 0.1) is 0 Å². The molecule has 2 aliphatic rings. The maximum absolute atomic E-state index is 13.5. The van der Waals surface area contributed by atoms with Crippen molar-refractivity contribution < 1.29 is 4.79 Å². The minimum Gasteiger partial charge on any atom is -0.337 e. The number of fused-ring (bicyclic) bond motifs is 3. The number of pyridine rings is 1. The molecule has 0 radical (unpaired) electrons. The summed E-state index contributed by atoms with van der Waals surface area (Å²) in [5.74, 6) is 0.726. The molecule has 0 unspecified atom stereocenters. The van der Waals surface area contributed by atoms with Gasteiger partial charge in [-0.2, -0.15) is 0 Å². The monoisotopic (exact) mass is 429 g/mol. The van der Waals surface area contributed by atoms with E-state index in [1.54, 1.807) is 10.8 Å². The second-order valence-electron chi connectivity index (χ2n) is 8.91. The van der Waals surface area contributed by atoms with Gasteiger partial charge in [-0.25, -0.2) is 0 Å². The molecule has 0 saturated carbocycles.